The highest BCUT2D eigenvalue weighted by molar-refractivity contribution is 5.85. The number of nitrogens with zero attached hydrogens (tertiary/aromatic N) is 2. The van der Waals surface area contributed by atoms with Crippen LogP contribution in [0.15, 0.2) is 42.7 Å². The molecule has 2 heterocycles. The summed E-state index contributed by atoms with van der Waals surface area (Å²) in [6.07, 6.45) is 5.06. The number of carbonyl (C=O) groups excluding carboxylic acids is 1. The van der Waals surface area contributed by atoms with Crippen molar-refractivity contribution in [2.45, 2.75) is 44.6 Å². The molecule has 0 aliphatic carbocycles. The van der Waals surface area contributed by atoms with Gasteiger partial charge in [-0.1, -0.05) is 32.9 Å². The largest absolute Gasteiger partial charge is 0.492 e. The minimum atomic E-state index is -0.610. The molecule has 1 aromatic carbocycles. The van der Waals surface area contributed by atoms with Crippen LogP contribution in [0.5, 0.6) is 5.75 Å². The fourth-order valence-electron chi connectivity index (χ4n) is 3.47. The van der Waals surface area contributed by atoms with Gasteiger partial charge in [-0.2, -0.15) is 5.10 Å². The van der Waals surface area contributed by atoms with Gasteiger partial charge in [0.15, 0.2) is 0 Å². The third-order valence-electron chi connectivity index (χ3n) is 5.15. The maximum Gasteiger partial charge on any atom is 0.248 e. The van der Waals surface area contributed by atoms with E-state index in [1.54, 1.807) is 10.9 Å². The molecule has 0 bridgehead atoms. The van der Waals surface area contributed by atoms with Crippen molar-refractivity contribution >= 4 is 18.3 Å². The Morgan fingerprint density at radius 1 is 1.29 bits per heavy atom. The molecule has 3 rings (SSSR count). The average Bonchev–Trinajstić information content (AvgIpc) is 3.20. The Morgan fingerprint density at radius 3 is 2.68 bits per heavy atom. The zero-order valence-electron chi connectivity index (χ0n) is 16.9. The monoisotopic (exact) mass is 406 g/mol. The van der Waals surface area contributed by atoms with Crippen LogP contribution < -0.4 is 15.4 Å². The van der Waals surface area contributed by atoms with Crippen molar-refractivity contribution in [2.75, 3.05) is 26.2 Å². The third-order valence-corrected chi connectivity index (χ3v) is 5.15. The summed E-state index contributed by atoms with van der Waals surface area (Å²) >= 11 is 0. The Morgan fingerprint density at radius 2 is 2.04 bits per heavy atom. The molecule has 1 aromatic heterocycles. The lowest BCUT2D eigenvalue weighted by molar-refractivity contribution is -0.132. The van der Waals surface area contributed by atoms with Crippen molar-refractivity contribution in [2.24, 2.45) is 0 Å². The van der Waals surface area contributed by atoms with Gasteiger partial charge in [-0.25, -0.2) is 0 Å². The van der Waals surface area contributed by atoms with Gasteiger partial charge in [0.05, 0.1) is 6.54 Å². The van der Waals surface area contributed by atoms with Crippen molar-refractivity contribution in [1.82, 2.24) is 20.4 Å². The minimum Gasteiger partial charge on any atom is -0.492 e. The first kappa shape index (κ1) is 22.2. The Balaban J connectivity index is 0.00000280. The molecule has 1 aliphatic rings. The third kappa shape index (κ3) is 5.06. The molecule has 28 heavy (non-hydrogen) atoms. The number of rotatable bonds is 6. The maximum atomic E-state index is 13.0. The van der Waals surface area contributed by atoms with Crippen LogP contribution in [-0.4, -0.2) is 41.9 Å². The Hall–Kier alpha value is -2.05. The molecule has 6 nitrogen and oxygen atoms in total. The van der Waals surface area contributed by atoms with Crippen molar-refractivity contribution < 1.29 is 9.53 Å². The first-order valence-corrected chi connectivity index (χ1v) is 9.64. The lowest BCUT2D eigenvalue weighted by Crippen LogP contribution is -2.55. The highest BCUT2D eigenvalue weighted by Gasteiger charge is 2.41. The van der Waals surface area contributed by atoms with E-state index in [0.29, 0.717) is 13.2 Å². The summed E-state index contributed by atoms with van der Waals surface area (Å²) in [5, 5.41) is 10.7. The van der Waals surface area contributed by atoms with Crippen LogP contribution in [0, 0.1) is 0 Å². The zero-order valence-corrected chi connectivity index (χ0v) is 17.7. The second kappa shape index (κ2) is 9.43. The second-order valence-electron chi connectivity index (χ2n) is 8.11. The second-order valence-corrected chi connectivity index (χ2v) is 8.11. The first-order chi connectivity index (χ1) is 12.9. The molecular formula is C21H31ClN4O2. The van der Waals surface area contributed by atoms with Gasteiger partial charge in [0.25, 0.3) is 0 Å². The number of hydrogen-bond donors (Lipinski definition) is 2. The van der Waals surface area contributed by atoms with Crippen LogP contribution in [-0.2, 0) is 15.7 Å². The summed E-state index contributed by atoms with van der Waals surface area (Å²) in [7, 11) is 0. The fourth-order valence-corrected chi connectivity index (χ4v) is 3.47. The number of halogens is 1. The van der Waals surface area contributed by atoms with E-state index in [4.69, 9.17) is 4.74 Å². The number of nitrogens with one attached hydrogen (secondary N) is 2. The molecule has 2 aromatic rings. The summed E-state index contributed by atoms with van der Waals surface area (Å²) < 4.78 is 7.66. The highest BCUT2D eigenvalue weighted by atomic mass is 35.5. The smallest absolute Gasteiger partial charge is 0.248 e. The standard InChI is InChI=1S/C21H30N4O2.ClH/c1-20(2,3)17-6-4-7-18(16-17)27-15-13-23-19(26)21(8-11-22-12-9-21)25-14-5-10-24-25;/h4-7,10,14,16,22H,8-9,11-13,15H2,1-3H3,(H,23,26);1H. The average molecular weight is 407 g/mol. The molecule has 154 valence electrons. The summed E-state index contributed by atoms with van der Waals surface area (Å²) in [6.45, 7) is 9.06. The minimum absolute atomic E-state index is 0. The summed E-state index contributed by atoms with van der Waals surface area (Å²) in [4.78, 5) is 13.0. The van der Waals surface area contributed by atoms with Gasteiger partial charge in [-0.3, -0.25) is 9.48 Å². The number of hydrogen-bond acceptors (Lipinski definition) is 4. The van der Waals surface area contributed by atoms with Crippen LogP contribution in [0.3, 0.4) is 0 Å². The highest BCUT2D eigenvalue weighted by Crippen LogP contribution is 2.27. The topological polar surface area (TPSA) is 68.2 Å². The van der Waals surface area contributed by atoms with Gasteiger partial charge < -0.3 is 15.4 Å². The fraction of sp³-hybridized carbons (Fsp3) is 0.524. The molecule has 1 amide bonds. The zero-order chi connectivity index (χ0) is 19.3. The number of piperidine rings is 1. The van der Waals surface area contributed by atoms with Gasteiger partial charge in [-0.05, 0) is 55.1 Å². The van der Waals surface area contributed by atoms with E-state index in [0.717, 1.165) is 31.7 Å². The predicted octanol–water partition coefficient (Wildman–Crippen LogP) is 2.88. The number of amides is 1. The van der Waals surface area contributed by atoms with E-state index < -0.39 is 5.54 Å². The molecular weight excluding hydrogens is 376 g/mol. The molecule has 0 atom stereocenters. The first-order valence-electron chi connectivity index (χ1n) is 9.64. The van der Waals surface area contributed by atoms with Crippen LogP contribution in [0.25, 0.3) is 0 Å². The van der Waals surface area contributed by atoms with Gasteiger partial charge in [-0.15, -0.1) is 12.4 Å². The van der Waals surface area contributed by atoms with Crippen LogP contribution in [0.1, 0.15) is 39.2 Å². The lowest BCUT2D eigenvalue weighted by Gasteiger charge is -2.36. The van der Waals surface area contributed by atoms with E-state index in [2.05, 4.69) is 48.6 Å². The lowest BCUT2D eigenvalue weighted by atomic mass is 9.87. The van der Waals surface area contributed by atoms with Gasteiger partial charge in [0.1, 0.15) is 17.9 Å². The number of carbonyl (C=O) groups is 1. The van der Waals surface area contributed by atoms with Gasteiger partial charge in [0, 0.05) is 12.4 Å². The van der Waals surface area contributed by atoms with Crippen LogP contribution in [0.2, 0.25) is 0 Å². The van der Waals surface area contributed by atoms with E-state index in [9.17, 15) is 4.79 Å². The Kier molecular flexibility index (Phi) is 7.49. The van der Waals surface area contributed by atoms with Crippen molar-refractivity contribution in [1.29, 1.82) is 0 Å². The van der Waals surface area contributed by atoms with E-state index in [1.807, 2.05) is 24.4 Å². The summed E-state index contributed by atoms with van der Waals surface area (Å²) in [5.74, 6) is 0.847. The Bertz CT molecular complexity index is 750. The number of benzene rings is 1. The van der Waals surface area contributed by atoms with Crippen LogP contribution >= 0.6 is 12.4 Å². The van der Waals surface area contributed by atoms with E-state index >= 15 is 0 Å². The van der Waals surface area contributed by atoms with E-state index in [1.165, 1.54) is 5.56 Å². The van der Waals surface area contributed by atoms with Crippen molar-refractivity contribution in [3.05, 3.63) is 48.3 Å². The molecule has 0 spiro atoms. The summed E-state index contributed by atoms with van der Waals surface area (Å²) in [5.41, 5.74) is 0.705. The number of ether oxygens (including phenoxy) is 1. The SMILES string of the molecule is CC(C)(C)c1cccc(OCCNC(=O)C2(n3cccn3)CCNCC2)c1.Cl. The molecule has 1 aliphatic heterocycles. The molecule has 0 radical (unpaired) electrons. The maximum absolute atomic E-state index is 13.0. The molecule has 1 saturated heterocycles. The molecule has 1 fully saturated rings. The molecule has 0 unspecified atom stereocenters. The number of aromatic nitrogens is 2. The quantitative estimate of drug-likeness (QED) is 0.724. The van der Waals surface area contributed by atoms with Gasteiger partial charge >= 0.3 is 0 Å². The van der Waals surface area contributed by atoms with Gasteiger partial charge in [0.2, 0.25) is 5.91 Å². The molecule has 2 N–H and O–H groups in total. The molecule has 0 saturated carbocycles. The van der Waals surface area contributed by atoms with E-state index in [-0.39, 0.29) is 23.7 Å². The van der Waals surface area contributed by atoms with Crippen molar-refractivity contribution in [3.63, 3.8) is 0 Å². The predicted molar refractivity (Wildman–Crippen MR) is 113 cm³/mol. The normalized spacial score (nSPS) is 16.1. The van der Waals surface area contributed by atoms with Crippen molar-refractivity contribution in [3.8, 4) is 5.75 Å². The molecule has 7 heteroatoms. The summed E-state index contributed by atoms with van der Waals surface area (Å²) in [6, 6.07) is 10.0. The Labute approximate surface area is 173 Å². The van der Waals surface area contributed by atoms with Crippen LogP contribution in [0.4, 0.5) is 0 Å².